The Balaban J connectivity index is 2.31. The van der Waals surface area contributed by atoms with Crippen LogP contribution >= 0.6 is 0 Å². The molecule has 2 rings (SSSR count). The number of carbonyl (C=O) groups excluding carboxylic acids is 2. The summed E-state index contributed by atoms with van der Waals surface area (Å²) in [5.74, 6) is -1.83. The van der Waals surface area contributed by atoms with Crippen LogP contribution in [0.2, 0.25) is 0 Å². The minimum Gasteiger partial charge on any atom is -0.481 e. The lowest BCUT2D eigenvalue weighted by molar-refractivity contribution is -0.158. The summed E-state index contributed by atoms with van der Waals surface area (Å²) in [6.07, 6.45) is -0.419. The fraction of sp³-hybridized carbons (Fsp3) is 0.357. The number of nitrogens with one attached hydrogen (secondary N) is 1. The number of benzene rings is 1. The fourth-order valence-corrected chi connectivity index (χ4v) is 2.34. The average Bonchev–Trinajstić information content (AvgIpc) is 2.40. The van der Waals surface area contributed by atoms with E-state index in [1.807, 2.05) is 30.3 Å². The number of carboxylic acids is 1. The normalized spacial score (nSPS) is 22.6. The van der Waals surface area contributed by atoms with E-state index in [4.69, 9.17) is 5.11 Å². The van der Waals surface area contributed by atoms with E-state index in [9.17, 15) is 14.4 Å². The van der Waals surface area contributed by atoms with Crippen molar-refractivity contribution in [3.63, 3.8) is 0 Å². The number of aliphatic carboxylic acids is 1. The van der Waals surface area contributed by atoms with Gasteiger partial charge in [-0.15, -0.1) is 0 Å². The summed E-state index contributed by atoms with van der Waals surface area (Å²) in [5.41, 5.74) is -0.510. The molecule has 6 heteroatoms. The molecule has 1 fully saturated rings. The molecule has 0 saturated carbocycles. The summed E-state index contributed by atoms with van der Waals surface area (Å²) in [7, 11) is 0. The number of piperazine rings is 1. The van der Waals surface area contributed by atoms with Crippen molar-refractivity contribution in [2.75, 3.05) is 6.54 Å². The van der Waals surface area contributed by atoms with Crippen molar-refractivity contribution < 1.29 is 19.5 Å². The van der Waals surface area contributed by atoms with Gasteiger partial charge in [0.1, 0.15) is 5.54 Å². The third-order valence-corrected chi connectivity index (χ3v) is 3.47. The molecule has 0 aromatic heterocycles. The summed E-state index contributed by atoms with van der Waals surface area (Å²) in [5, 5.41) is 11.5. The van der Waals surface area contributed by atoms with E-state index in [-0.39, 0.29) is 19.0 Å². The van der Waals surface area contributed by atoms with Gasteiger partial charge in [0.15, 0.2) is 0 Å². The second kappa shape index (κ2) is 5.32. The van der Waals surface area contributed by atoms with Crippen LogP contribution in [0.15, 0.2) is 30.3 Å². The van der Waals surface area contributed by atoms with E-state index in [0.717, 1.165) is 5.56 Å². The highest BCUT2D eigenvalue weighted by Crippen LogP contribution is 2.25. The van der Waals surface area contributed by atoms with E-state index in [1.54, 1.807) is 0 Å². The quantitative estimate of drug-likeness (QED) is 0.832. The highest BCUT2D eigenvalue weighted by Gasteiger charge is 2.46. The van der Waals surface area contributed by atoms with Crippen LogP contribution in [0.5, 0.6) is 0 Å². The Labute approximate surface area is 116 Å². The number of nitrogens with zero attached hydrogens (tertiary/aromatic N) is 1. The maximum absolute atomic E-state index is 12.1. The first-order valence-electron chi connectivity index (χ1n) is 6.28. The molecule has 1 aromatic carbocycles. The maximum Gasteiger partial charge on any atom is 0.306 e. The van der Waals surface area contributed by atoms with Crippen LogP contribution in [0.4, 0.5) is 0 Å². The van der Waals surface area contributed by atoms with Crippen LogP contribution in [0.3, 0.4) is 0 Å². The Hall–Kier alpha value is -2.37. The number of rotatable bonds is 4. The molecule has 0 aliphatic carbocycles. The molecule has 1 aliphatic rings. The summed E-state index contributed by atoms with van der Waals surface area (Å²) in [6.45, 7) is 1.61. The van der Waals surface area contributed by atoms with E-state index in [0.29, 0.717) is 0 Å². The minimum atomic E-state index is -1.36. The van der Waals surface area contributed by atoms with E-state index >= 15 is 0 Å². The zero-order valence-corrected chi connectivity index (χ0v) is 11.1. The molecular weight excluding hydrogens is 260 g/mol. The van der Waals surface area contributed by atoms with Crippen molar-refractivity contribution in [1.29, 1.82) is 0 Å². The number of amides is 2. The molecule has 1 heterocycles. The summed E-state index contributed by atoms with van der Waals surface area (Å²) < 4.78 is 0. The molecule has 0 bridgehead atoms. The van der Waals surface area contributed by atoms with Gasteiger partial charge in [0.05, 0.1) is 13.0 Å². The topological polar surface area (TPSA) is 86.7 Å². The molecule has 106 valence electrons. The van der Waals surface area contributed by atoms with E-state index < -0.39 is 23.8 Å². The van der Waals surface area contributed by atoms with Crippen molar-refractivity contribution in [2.24, 2.45) is 0 Å². The Morgan fingerprint density at radius 1 is 1.35 bits per heavy atom. The molecule has 0 spiro atoms. The van der Waals surface area contributed by atoms with Gasteiger partial charge in [0.25, 0.3) is 0 Å². The fourth-order valence-electron chi connectivity index (χ4n) is 2.34. The van der Waals surface area contributed by atoms with Crippen molar-refractivity contribution >= 4 is 17.8 Å². The third kappa shape index (κ3) is 2.64. The smallest absolute Gasteiger partial charge is 0.306 e. The standard InChI is InChI=1S/C14H16N2O4/c1-14(7-12(18)19)13(20)15-8-11(17)16(14)9-10-5-3-2-4-6-10/h2-6H,7-9H2,1H3,(H,15,20)(H,18,19)/t14-/m0/s1. The van der Waals surface area contributed by atoms with Crippen molar-refractivity contribution in [1.82, 2.24) is 10.2 Å². The first-order valence-corrected chi connectivity index (χ1v) is 6.28. The first-order chi connectivity index (χ1) is 9.43. The molecule has 20 heavy (non-hydrogen) atoms. The molecule has 1 aromatic rings. The van der Waals surface area contributed by atoms with Gasteiger partial charge in [-0.05, 0) is 12.5 Å². The van der Waals surface area contributed by atoms with Gasteiger partial charge < -0.3 is 15.3 Å². The van der Waals surface area contributed by atoms with Crippen LogP contribution in [0, 0.1) is 0 Å². The lowest BCUT2D eigenvalue weighted by Gasteiger charge is -2.42. The van der Waals surface area contributed by atoms with Gasteiger partial charge >= 0.3 is 5.97 Å². The Kier molecular flexibility index (Phi) is 3.74. The second-order valence-electron chi connectivity index (χ2n) is 4.99. The number of hydrogen-bond donors (Lipinski definition) is 2. The molecule has 1 atom stereocenters. The highest BCUT2D eigenvalue weighted by atomic mass is 16.4. The SMILES string of the molecule is C[C@]1(CC(=O)O)C(=O)NCC(=O)N1Cc1ccccc1. The zero-order valence-electron chi connectivity index (χ0n) is 11.1. The van der Waals surface area contributed by atoms with Crippen LogP contribution in [0.25, 0.3) is 0 Å². The van der Waals surface area contributed by atoms with Crippen molar-refractivity contribution in [2.45, 2.75) is 25.4 Å². The van der Waals surface area contributed by atoms with Crippen LogP contribution < -0.4 is 5.32 Å². The predicted molar refractivity (Wildman–Crippen MR) is 70.7 cm³/mol. The monoisotopic (exact) mass is 276 g/mol. The largest absolute Gasteiger partial charge is 0.481 e. The number of hydrogen-bond acceptors (Lipinski definition) is 3. The van der Waals surface area contributed by atoms with Crippen molar-refractivity contribution in [3.8, 4) is 0 Å². The van der Waals surface area contributed by atoms with Gasteiger partial charge in [-0.2, -0.15) is 0 Å². The Bertz CT molecular complexity index is 543. The number of carbonyl (C=O) groups is 3. The molecule has 6 nitrogen and oxygen atoms in total. The highest BCUT2D eigenvalue weighted by molar-refractivity contribution is 5.99. The van der Waals surface area contributed by atoms with E-state index in [2.05, 4.69) is 5.32 Å². The Morgan fingerprint density at radius 2 is 2.00 bits per heavy atom. The molecule has 1 aliphatic heterocycles. The molecule has 0 unspecified atom stereocenters. The van der Waals surface area contributed by atoms with Crippen molar-refractivity contribution in [3.05, 3.63) is 35.9 Å². The lowest BCUT2D eigenvalue weighted by atomic mass is 9.91. The zero-order chi connectivity index (χ0) is 14.8. The molecule has 2 amide bonds. The summed E-state index contributed by atoms with van der Waals surface area (Å²) in [6, 6.07) is 9.18. The van der Waals surface area contributed by atoms with Gasteiger partial charge in [0, 0.05) is 6.54 Å². The average molecular weight is 276 g/mol. The van der Waals surface area contributed by atoms with Crippen LogP contribution in [-0.2, 0) is 20.9 Å². The van der Waals surface area contributed by atoms with Crippen LogP contribution in [-0.4, -0.2) is 39.9 Å². The molecule has 2 N–H and O–H groups in total. The maximum atomic E-state index is 12.1. The van der Waals surface area contributed by atoms with E-state index in [1.165, 1.54) is 11.8 Å². The molecular formula is C14H16N2O4. The molecule has 0 radical (unpaired) electrons. The van der Waals surface area contributed by atoms with Gasteiger partial charge in [-0.3, -0.25) is 14.4 Å². The number of carboxylic acid groups (broad SMARTS) is 1. The lowest BCUT2D eigenvalue weighted by Crippen LogP contribution is -2.66. The third-order valence-electron chi connectivity index (χ3n) is 3.47. The summed E-state index contributed by atoms with van der Waals surface area (Å²) in [4.78, 5) is 36.4. The second-order valence-corrected chi connectivity index (χ2v) is 4.99. The minimum absolute atomic E-state index is 0.0964. The Morgan fingerprint density at radius 3 is 2.60 bits per heavy atom. The predicted octanol–water partition coefficient (Wildman–Crippen LogP) is 0.378. The van der Waals surface area contributed by atoms with Gasteiger partial charge in [-0.25, -0.2) is 0 Å². The van der Waals surface area contributed by atoms with Gasteiger partial charge in [-0.1, -0.05) is 30.3 Å². The van der Waals surface area contributed by atoms with Crippen LogP contribution in [0.1, 0.15) is 18.9 Å². The summed E-state index contributed by atoms with van der Waals surface area (Å²) >= 11 is 0. The first kappa shape index (κ1) is 14.0. The van der Waals surface area contributed by atoms with Gasteiger partial charge in [0.2, 0.25) is 11.8 Å². The molecule has 1 saturated heterocycles.